The third kappa shape index (κ3) is 3.17. The maximum Gasteiger partial charge on any atom is 0.133 e. The van der Waals surface area contributed by atoms with Crippen molar-refractivity contribution in [2.45, 2.75) is 13.0 Å². The lowest BCUT2D eigenvalue weighted by Crippen LogP contribution is -2.06. The molecule has 0 bridgehead atoms. The van der Waals surface area contributed by atoms with E-state index in [-0.39, 0.29) is 17.5 Å². The number of nitrogens with one attached hydrogen (secondary N) is 1. The van der Waals surface area contributed by atoms with Gasteiger partial charge in [0.2, 0.25) is 0 Å². The van der Waals surface area contributed by atoms with Crippen LogP contribution in [0.5, 0.6) is 17.2 Å². The highest BCUT2D eigenvalue weighted by atomic mass is 79.9. The van der Waals surface area contributed by atoms with Crippen molar-refractivity contribution in [1.29, 1.82) is 0 Å². The van der Waals surface area contributed by atoms with E-state index in [0.29, 0.717) is 0 Å². The van der Waals surface area contributed by atoms with Crippen LogP contribution >= 0.6 is 15.9 Å². The highest BCUT2D eigenvalue weighted by Crippen LogP contribution is 2.32. The zero-order valence-corrected chi connectivity index (χ0v) is 12.8. The van der Waals surface area contributed by atoms with Crippen molar-refractivity contribution >= 4 is 21.6 Å². The molecule has 0 aliphatic rings. The number of halogens is 1. The first-order chi connectivity index (χ1) is 9.51. The van der Waals surface area contributed by atoms with E-state index in [9.17, 15) is 10.2 Å². The molecule has 0 radical (unpaired) electrons. The molecule has 0 amide bonds. The molecule has 2 aromatic carbocycles. The molecule has 5 heteroatoms. The smallest absolute Gasteiger partial charge is 0.133 e. The van der Waals surface area contributed by atoms with Crippen molar-refractivity contribution in [3.63, 3.8) is 0 Å². The summed E-state index contributed by atoms with van der Waals surface area (Å²) in [7, 11) is 1.62. The normalized spacial score (nSPS) is 11.9. The average Bonchev–Trinajstić information content (AvgIpc) is 2.38. The molecule has 0 aromatic heterocycles. The Morgan fingerprint density at radius 2 is 1.90 bits per heavy atom. The van der Waals surface area contributed by atoms with Crippen molar-refractivity contribution in [3.05, 3.63) is 46.4 Å². The molecule has 0 aliphatic carbocycles. The molecule has 106 valence electrons. The molecular weight excluding hydrogens is 322 g/mol. The third-order valence-electron chi connectivity index (χ3n) is 3.02. The monoisotopic (exact) mass is 337 g/mol. The fourth-order valence-electron chi connectivity index (χ4n) is 1.98. The fourth-order valence-corrected chi connectivity index (χ4v) is 2.52. The topological polar surface area (TPSA) is 61.7 Å². The molecule has 2 rings (SSSR count). The van der Waals surface area contributed by atoms with Gasteiger partial charge in [0.1, 0.15) is 17.2 Å². The van der Waals surface area contributed by atoms with Crippen LogP contribution in [0.15, 0.2) is 40.9 Å². The SMILES string of the molecule is COc1ccc(NC(C)c2ccc(O)cc2O)cc1Br. The summed E-state index contributed by atoms with van der Waals surface area (Å²) in [5.41, 5.74) is 1.62. The third-order valence-corrected chi connectivity index (χ3v) is 3.64. The molecule has 1 atom stereocenters. The first-order valence-electron chi connectivity index (χ1n) is 6.13. The van der Waals surface area contributed by atoms with E-state index >= 15 is 0 Å². The maximum atomic E-state index is 9.85. The van der Waals surface area contributed by atoms with Gasteiger partial charge >= 0.3 is 0 Å². The van der Waals surface area contributed by atoms with E-state index in [1.807, 2.05) is 25.1 Å². The first kappa shape index (κ1) is 14.5. The second-order valence-corrected chi connectivity index (χ2v) is 5.31. The second-order valence-electron chi connectivity index (χ2n) is 4.46. The van der Waals surface area contributed by atoms with Gasteiger partial charge in [-0.1, -0.05) is 0 Å². The second kappa shape index (κ2) is 6.05. The molecule has 1 unspecified atom stereocenters. The van der Waals surface area contributed by atoms with Gasteiger partial charge in [0.15, 0.2) is 0 Å². The molecule has 0 saturated heterocycles. The number of phenols is 2. The summed E-state index contributed by atoms with van der Waals surface area (Å²) in [6.07, 6.45) is 0. The number of benzene rings is 2. The summed E-state index contributed by atoms with van der Waals surface area (Å²) >= 11 is 3.43. The Kier molecular flexibility index (Phi) is 4.39. The number of phenolic OH excluding ortho intramolecular Hbond substituents is 2. The van der Waals surface area contributed by atoms with E-state index in [4.69, 9.17) is 4.74 Å². The zero-order chi connectivity index (χ0) is 14.7. The van der Waals surface area contributed by atoms with Gasteiger partial charge in [0, 0.05) is 17.3 Å². The highest BCUT2D eigenvalue weighted by Gasteiger charge is 2.11. The summed E-state index contributed by atoms with van der Waals surface area (Å²) in [6, 6.07) is 10.1. The molecule has 3 N–H and O–H groups in total. The number of rotatable bonds is 4. The predicted molar refractivity (Wildman–Crippen MR) is 82.5 cm³/mol. The highest BCUT2D eigenvalue weighted by molar-refractivity contribution is 9.10. The Morgan fingerprint density at radius 3 is 2.50 bits per heavy atom. The van der Waals surface area contributed by atoms with Gasteiger partial charge in [0.05, 0.1) is 17.6 Å². The van der Waals surface area contributed by atoms with Crippen LogP contribution in [0.3, 0.4) is 0 Å². The van der Waals surface area contributed by atoms with Gasteiger partial charge in [-0.15, -0.1) is 0 Å². The van der Waals surface area contributed by atoms with Crippen LogP contribution in [0.25, 0.3) is 0 Å². The first-order valence-corrected chi connectivity index (χ1v) is 6.92. The summed E-state index contributed by atoms with van der Waals surface area (Å²) in [4.78, 5) is 0. The molecule has 0 heterocycles. The Balaban J connectivity index is 2.18. The van der Waals surface area contributed by atoms with Crippen molar-refractivity contribution in [3.8, 4) is 17.2 Å². The van der Waals surface area contributed by atoms with Crippen molar-refractivity contribution in [2.24, 2.45) is 0 Å². The van der Waals surface area contributed by atoms with Gasteiger partial charge < -0.3 is 20.3 Å². The van der Waals surface area contributed by atoms with Crippen molar-refractivity contribution in [2.75, 3.05) is 12.4 Å². The van der Waals surface area contributed by atoms with Crippen molar-refractivity contribution < 1.29 is 14.9 Å². The standard InChI is InChI=1S/C15H16BrNO3/c1-9(12-5-4-11(18)8-14(12)19)17-10-3-6-15(20-2)13(16)7-10/h3-9,17-19H,1-2H3. The van der Waals surface area contributed by atoms with Crippen LogP contribution in [0.1, 0.15) is 18.5 Å². The zero-order valence-electron chi connectivity index (χ0n) is 11.2. The summed E-state index contributed by atoms with van der Waals surface area (Å²) in [5.74, 6) is 0.874. The molecule has 2 aromatic rings. The molecule has 20 heavy (non-hydrogen) atoms. The van der Waals surface area contributed by atoms with Gasteiger partial charge in [-0.3, -0.25) is 0 Å². The molecular formula is C15H16BrNO3. The van der Waals surface area contributed by atoms with Crippen LogP contribution in [0, 0.1) is 0 Å². The van der Waals surface area contributed by atoms with Gasteiger partial charge in [-0.2, -0.15) is 0 Å². The Hall–Kier alpha value is -1.88. The van der Waals surface area contributed by atoms with Crippen LogP contribution < -0.4 is 10.1 Å². The Labute approximate surface area is 126 Å². The van der Waals surface area contributed by atoms with E-state index in [0.717, 1.165) is 21.5 Å². The molecule has 0 fully saturated rings. The molecule has 0 spiro atoms. The van der Waals surface area contributed by atoms with Crippen LogP contribution in [-0.2, 0) is 0 Å². The van der Waals surface area contributed by atoms with E-state index in [2.05, 4.69) is 21.2 Å². The van der Waals surface area contributed by atoms with E-state index in [1.165, 1.54) is 6.07 Å². The molecule has 4 nitrogen and oxygen atoms in total. The average molecular weight is 338 g/mol. The van der Waals surface area contributed by atoms with Crippen LogP contribution in [0.4, 0.5) is 5.69 Å². The van der Waals surface area contributed by atoms with Crippen LogP contribution in [-0.4, -0.2) is 17.3 Å². The van der Waals surface area contributed by atoms with Gasteiger partial charge in [-0.05, 0) is 53.2 Å². The molecule has 0 saturated carbocycles. The van der Waals surface area contributed by atoms with Crippen LogP contribution in [0.2, 0.25) is 0 Å². The minimum absolute atomic E-state index is 0.0469. The number of methoxy groups -OCH3 is 1. The number of aromatic hydroxyl groups is 2. The van der Waals surface area contributed by atoms with E-state index in [1.54, 1.807) is 19.2 Å². The molecule has 0 aliphatic heterocycles. The quantitative estimate of drug-likeness (QED) is 0.787. The lowest BCUT2D eigenvalue weighted by Gasteiger charge is -2.17. The number of anilines is 1. The van der Waals surface area contributed by atoms with E-state index < -0.39 is 0 Å². The summed E-state index contributed by atoms with van der Waals surface area (Å²) in [6.45, 7) is 1.93. The lowest BCUT2D eigenvalue weighted by atomic mass is 10.1. The summed E-state index contributed by atoms with van der Waals surface area (Å²) < 4.78 is 6.03. The maximum absolute atomic E-state index is 9.85. The van der Waals surface area contributed by atoms with Gasteiger partial charge in [-0.25, -0.2) is 0 Å². The largest absolute Gasteiger partial charge is 0.508 e. The fraction of sp³-hybridized carbons (Fsp3) is 0.200. The lowest BCUT2D eigenvalue weighted by molar-refractivity contribution is 0.412. The van der Waals surface area contributed by atoms with Gasteiger partial charge in [0.25, 0.3) is 0 Å². The number of hydrogen-bond acceptors (Lipinski definition) is 4. The Bertz CT molecular complexity index is 616. The predicted octanol–water partition coefficient (Wildman–Crippen LogP) is 4.04. The number of ether oxygens (including phenoxy) is 1. The Morgan fingerprint density at radius 1 is 1.15 bits per heavy atom. The van der Waals surface area contributed by atoms with Crippen molar-refractivity contribution in [1.82, 2.24) is 0 Å². The minimum atomic E-state index is -0.101. The summed E-state index contributed by atoms with van der Waals surface area (Å²) in [5, 5.41) is 22.4. The number of hydrogen-bond donors (Lipinski definition) is 3. The minimum Gasteiger partial charge on any atom is -0.508 e.